The third-order valence-corrected chi connectivity index (χ3v) is 7.41. The number of hydrogen-bond acceptors (Lipinski definition) is 6. The number of carbonyl (C=O) groups excluding carboxylic acids is 1. The van der Waals surface area contributed by atoms with Crippen molar-refractivity contribution in [2.24, 2.45) is 0 Å². The molecule has 8 nitrogen and oxygen atoms in total. The number of rotatable bonds is 5. The summed E-state index contributed by atoms with van der Waals surface area (Å²) in [7, 11) is 0. The van der Waals surface area contributed by atoms with Crippen molar-refractivity contribution in [2.75, 3.05) is 49.6 Å². The van der Waals surface area contributed by atoms with Gasteiger partial charge in [0.25, 0.3) is 5.91 Å². The van der Waals surface area contributed by atoms with Gasteiger partial charge in [-0.1, -0.05) is 6.07 Å². The van der Waals surface area contributed by atoms with E-state index in [0.717, 1.165) is 70.1 Å². The van der Waals surface area contributed by atoms with E-state index >= 15 is 0 Å². The van der Waals surface area contributed by atoms with E-state index in [9.17, 15) is 23.2 Å². The highest BCUT2D eigenvalue weighted by atomic mass is 19.4. The number of nitrogens with zero attached hydrogens (tertiary/aromatic N) is 5. The number of morpholine rings is 1. The Morgan fingerprint density at radius 1 is 1.10 bits per heavy atom. The zero-order chi connectivity index (χ0) is 27.6. The van der Waals surface area contributed by atoms with Crippen LogP contribution in [0.2, 0.25) is 0 Å². The lowest BCUT2D eigenvalue weighted by atomic mass is 10.0. The molecule has 0 radical (unpaired) electrons. The molecule has 39 heavy (non-hydrogen) atoms. The maximum Gasteiger partial charge on any atom is 0.416 e. The van der Waals surface area contributed by atoms with Gasteiger partial charge >= 0.3 is 6.18 Å². The largest absolute Gasteiger partial charge is 0.416 e. The smallest absolute Gasteiger partial charge is 0.379 e. The molecule has 0 spiro atoms. The van der Waals surface area contributed by atoms with Crippen LogP contribution in [0.25, 0.3) is 5.69 Å². The first-order valence-electron chi connectivity index (χ1n) is 12.9. The average Bonchev–Trinajstić information content (AvgIpc) is 3.34. The number of alkyl halides is 3. The molecule has 0 atom stereocenters. The third-order valence-electron chi connectivity index (χ3n) is 7.41. The van der Waals surface area contributed by atoms with Crippen LogP contribution in [0.4, 0.5) is 24.5 Å². The van der Waals surface area contributed by atoms with Crippen molar-refractivity contribution < 1.29 is 22.7 Å². The van der Waals surface area contributed by atoms with E-state index in [0.29, 0.717) is 23.0 Å². The highest BCUT2D eigenvalue weighted by molar-refractivity contribution is 6.05. The Morgan fingerprint density at radius 2 is 1.85 bits per heavy atom. The predicted molar refractivity (Wildman–Crippen MR) is 140 cm³/mol. The second-order valence-electron chi connectivity index (χ2n) is 9.77. The van der Waals surface area contributed by atoms with Crippen molar-refractivity contribution >= 4 is 17.3 Å². The minimum absolute atomic E-state index is 0.204. The van der Waals surface area contributed by atoms with Crippen molar-refractivity contribution in [1.29, 1.82) is 5.26 Å². The van der Waals surface area contributed by atoms with Gasteiger partial charge in [0.05, 0.1) is 53.2 Å². The molecule has 204 valence electrons. The SMILES string of the molecule is Cc1c(C(=O)Nc2ccc(N3CCC(N4CCOCC4)CC3)c(C#N)c2)cnn1-c1cccc(C(F)(F)F)c1. The van der Waals surface area contributed by atoms with Crippen LogP contribution in [-0.4, -0.2) is 66.0 Å². The second kappa shape index (κ2) is 11.1. The normalized spacial score (nSPS) is 17.2. The van der Waals surface area contributed by atoms with Crippen LogP contribution in [0.1, 0.15) is 40.0 Å². The van der Waals surface area contributed by atoms with E-state index in [-0.39, 0.29) is 11.3 Å². The molecule has 2 fully saturated rings. The lowest BCUT2D eigenvalue weighted by Gasteiger charge is -2.41. The van der Waals surface area contributed by atoms with Gasteiger partial charge in [0, 0.05) is 37.9 Å². The van der Waals surface area contributed by atoms with E-state index in [1.807, 2.05) is 6.07 Å². The number of anilines is 2. The monoisotopic (exact) mass is 538 g/mol. The number of aromatic nitrogens is 2. The van der Waals surface area contributed by atoms with E-state index in [2.05, 4.69) is 26.3 Å². The Hall–Kier alpha value is -3.88. The molecule has 0 saturated carbocycles. The molecule has 1 N–H and O–H groups in total. The zero-order valence-corrected chi connectivity index (χ0v) is 21.5. The molecular formula is C28H29F3N6O2. The molecule has 1 aromatic heterocycles. The van der Waals surface area contributed by atoms with Crippen molar-refractivity contribution in [3.63, 3.8) is 0 Å². The summed E-state index contributed by atoms with van der Waals surface area (Å²) in [4.78, 5) is 17.7. The number of carbonyl (C=O) groups is 1. The first-order valence-corrected chi connectivity index (χ1v) is 12.9. The molecule has 0 bridgehead atoms. The summed E-state index contributed by atoms with van der Waals surface area (Å²) in [5, 5.41) is 16.8. The van der Waals surface area contributed by atoms with Gasteiger partial charge in [-0.05, 0) is 56.2 Å². The molecule has 2 saturated heterocycles. The summed E-state index contributed by atoms with van der Waals surface area (Å²) in [6, 6.07) is 12.8. The molecular weight excluding hydrogens is 509 g/mol. The highest BCUT2D eigenvalue weighted by Crippen LogP contribution is 2.31. The summed E-state index contributed by atoms with van der Waals surface area (Å²) in [5.74, 6) is -0.464. The highest BCUT2D eigenvalue weighted by Gasteiger charge is 2.31. The maximum atomic E-state index is 13.1. The summed E-state index contributed by atoms with van der Waals surface area (Å²) in [6.07, 6.45) is -1.14. The van der Waals surface area contributed by atoms with Gasteiger partial charge in [-0.2, -0.15) is 23.5 Å². The maximum absolute atomic E-state index is 13.1. The number of piperidine rings is 1. The summed E-state index contributed by atoms with van der Waals surface area (Å²) in [5.41, 5.74) is 1.78. The van der Waals surface area contributed by atoms with Gasteiger partial charge in [-0.15, -0.1) is 0 Å². The fraction of sp³-hybridized carbons (Fsp3) is 0.393. The number of ether oxygens (including phenoxy) is 1. The lowest BCUT2D eigenvalue weighted by molar-refractivity contribution is -0.137. The van der Waals surface area contributed by atoms with Crippen LogP contribution in [0.15, 0.2) is 48.7 Å². The van der Waals surface area contributed by atoms with E-state index in [1.54, 1.807) is 19.1 Å². The van der Waals surface area contributed by atoms with Gasteiger partial charge < -0.3 is 15.0 Å². The number of nitriles is 1. The Labute approximate surface area is 224 Å². The molecule has 2 aromatic carbocycles. The molecule has 5 rings (SSSR count). The predicted octanol–water partition coefficient (Wildman–Crippen LogP) is 4.62. The molecule has 2 aliphatic heterocycles. The molecule has 3 aromatic rings. The first kappa shape index (κ1) is 26.7. The summed E-state index contributed by atoms with van der Waals surface area (Å²) < 4.78 is 46.2. The fourth-order valence-corrected chi connectivity index (χ4v) is 5.30. The third kappa shape index (κ3) is 5.77. The van der Waals surface area contributed by atoms with Crippen molar-refractivity contribution in [2.45, 2.75) is 32.0 Å². The van der Waals surface area contributed by atoms with Gasteiger partial charge in [-0.3, -0.25) is 9.69 Å². The number of halogens is 3. The number of nitrogens with one attached hydrogen (secondary N) is 1. The molecule has 11 heteroatoms. The van der Waals surface area contributed by atoms with Crippen LogP contribution in [0, 0.1) is 18.3 Å². The van der Waals surface area contributed by atoms with Crippen molar-refractivity contribution in [1.82, 2.24) is 14.7 Å². The average molecular weight is 539 g/mol. The first-order chi connectivity index (χ1) is 18.7. The molecule has 0 unspecified atom stereocenters. The molecule has 0 aliphatic carbocycles. The Morgan fingerprint density at radius 3 is 2.54 bits per heavy atom. The standard InChI is InChI=1S/C28H29F3N6O2/c1-19-25(18-33-37(19)24-4-2-3-21(16-24)28(29,30)31)27(38)34-22-5-6-26(20(15-22)17-32)36-9-7-23(8-10-36)35-11-13-39-14-12-35/h2-6,15-16,18,23H,7-14H2,1H3,(H,34,38). The van der Waals surface area contributed by atoms with E-state index in [1.165, 1.54) is 23.0 Å². The minimum Gasteiger partial charge on any atom is -0.379 e. The van der Waals surface area contributed by atoms with Gasteiger partial charge in [0.1, 0.15) is 6.07 Å². The van der Waals surface area contributed by atoms with Gasteiger partial charge in [0.15, 0.2) is 0 Å². The van der Waals surface area contributed by atoms with Crippen molar-refractivity contribution in [3.8, 4) is 11.8 Å². The second-order valence-corrected chi connectivity index (χ2v) is 9.77. The Balaban J connectivity index is 1.27. The van der Waals surface area contributed by atoms with Gasteiger partial charge in [-0.25, -0.2) is 4.68 Å². The zero-order valence-electron chi connectivity index (χ0n) is 21.5. The van der Waals surface area contributed by atoms with Crippen LogP contribution in [-0.2, 0) is 10.9 Å². The topological polar surface area (TPSA) is 86.4 Å². The number of amides is 1. The van der Waals surface area contributed by atoms with Gasteiger partial charge in [0.2, 0.25) is 0 Å². The fourth-order valence-electron chi connectivity index (χ4n) is 5.30. The van der Waals surface area contributed by atoms with E-state index < -0.39 is 17.6 Å². The van der Waals surface area contributed by atoms with E-state index in [4.69, 9.17) is 4.74 Å². The lowest BCUT2D eigenvalue weighted by Crippen LogP contribution is -2.49. The summed E-state index contributed by atoms with van der Waals surface area (Å²) in [6.45, 7) is 6.77. The van der Waals surface area contributed by atoms with Crippen molar-refractivity contribution in [3.05, 3.63) is 71.0 Å². The molecule has 3 heterocycles. The Bertz CT molecular complexity index is 1380. The van der Waals surface area contributed by atoms with Crippen LogP contribution >= 0.6 is 0 Å². The molecule has 1 amide bonds. The van der Waals surface area contributed by atoms with Crippen LogP contribution in [0.3, 0.4) is 0 Å². The molecule has 2 aliphatic rings. The Kier molecular flexibility index (Phi) is 7.59. The number of benzene rings is 2. The van der Waals surface area contributed by atoms with Crippen LogP contribution < -0.4 is 10.2 Å². The summed E-state index contributed by atoms with van der Waals surface area (Å²) >= 11 is 0. The minimum atomic E-state index is -4.49. The number of hydrogen-bond donors (Lipinski definition) is 1. The van der Waals surface area contributed by atoms with Crippen LogP contribution in [0.5, 0.6) is 0 Å². The quantitative estimate of drug-likeness (QED) is 0.510.